The fourth-order valence-corrected chi connectivity index (χ4v) is 2.23. The van der Waals surface area contributed by atoms with Gasteiger partial charge < -0.3 is 4.74 Å². The molecule has 0 unspecified atom stereocenters. The molecule has 4 nitrogen and oxygen atoms in total. The third-order valence-electron chi connectivity index (χ3n) is 2.18. The van der Waals surface area contributed by atoms with E-state index in [4.69, 9.17) is 4.74 Å². The number of hydrogen-bond acceptors (Lipinski definition) is 3. The molecule has 2 rings (SSSR count). The molecule has 0 amide bonds. The second-order valence-electron chi connectivity index (χ2n) is 3.58. The van der Waals surface area contributed by atoms with E-state index in [9.17, 15) is 14.5 Å². The largest absolute Gasteiger partial charge is 0.450 e. The maximum Gasteiger partial charge on any atom is 0.312 e. The van der Waals surface area contributed by atoms with Crippen LogP contribution in [0.2, 0.25) is 0 Å². The van der Waals surface area contributed by atoms with E-state index in [-0.39, 0.29) is 17.2 Å². The van der Waals surface area contributed by atoms with Crippen molar-refractivity contribution < 1.29 is 14.1 Å². The van der Waals surface area contributed by atoms with E-state index in [0.29, 0.717) is 8.95 Å². The predicted molar refractivity (Wildman–Crippen MR) is 75.0 cm³/mol. The first-order valence-electron chi connectivity index (χ1n) is 5.03. The molecule has 2 aromatic carbocycles. The van der Waals surface area contributed by atoms with Crippen molar-refractivity contribution in [2.45, 2.75) is 0 Å². The van der Waals surface area contributed by atoms with Crippen LogP contribution in [0.4, 0.5) is 10.1 Å². The minimum absolute atomic E-state index is 0.0469. The molecule has 0 saturated heterocycles. The average molecular weight is 391 g/mol. The lowest BCUT2D eigenvalue weighted by Gasteiger charge is -2.07. The van der Waals surface area contributed by atoms with Gasteiger partial charge >= 0.3 is 5.69 Å². The van der Waals surface area contributed by atoms with Crippen LogP contribution in [0.15, 0.2) is 45.3 Å². The van der Waals surface area contributed by atoms with Crippen LogP contribution >= 0.6 is 31.9 Å². The van der Waals surface area contributed by atoms with Gasteiger partial charge in [0, 0.05) is 21.1 Å². The molecule has 0 saturated carbocycles. The number of rotatable bonds is 3. The number of hydrogen-bond donors (Lipinski definition) is 0. The van der Waals surface area contributed by atoms with Crippen LogP contribution in [0.3, 0.4) is 0 Å². The zero-order valence-electron chi connectivity index (χ0n) is 9.27. The van der Waals surface area contributed by atoms with Crippen LogP contribution in [0.1, 0.15) is 0 Å². The molecule has 7 heteroatoms. The quantitative estimate of drug-likeness (QED) is 0.544. The van der Waals surface area contributed by atoms with E-state index >= 15 is 0 Å². The van der Waals surface area contributed by atoms with E-state index in [0.717, 1.165) is 6.07 Å². The number of nitro groups is 1. The van der Waals surface area contributed by atoms with Crippen LogP contribution in [0, 0.1) is 15.9 Å². The van der Waals surface area contributed by atoms with Gasteiger partial charge in [-0.15, -0.1) is 0 Å². The third kappa shape index (κ3) is 3.51. The number of halogens is 3. The third-order valence-corrected chi connectivity index (χ3v) is 3.13. The number of ether oxygens (including phenoxy) is 1. The molecule has 98 valence electrons. The molecular formula is C12H6Br2FNO3. The second-order valence-corrected chi connectivity index (χ2v) is 5.41. The Labute approximate surface area is 124 Å². The molecule has 0 atom stereocenters. The summed E-state index contributed by atoms with van der Waals surface area (Å²) in [7, 11) is 0. The summed E-state index contributed by atoms with van der Waals surface area (Å²) < 4.78 is 19.6. The highest BCUT2D eigenvalue weighted by molar-refractivity contribution is 9.10. The van der Waals surface area contributed by atoms with Crippen molar-refractivity contribution >= 4 is 37.5 Å². The normalized spacial score (nSPS) is 10.3. The van der Waals surface area contributed by atoms with E-state index in [1.54, 1.807) is 6.07 Å². The minimum atomic E-state index is -0.561. The molecule has 0 aliphatic rings. The average Bonchev–Trinajstić information content (AvgIpc) is 2.30. The molecule has 0 bridgehead atoms. The Bertz CT molecular complexity index is 629. The van der Waals surface area contributed by atoms with Crippen molar-refractivity contribution in [1.82, 2.24) is 0 Å². The van der Waals surface area contributed by atoms with Crippen molar-refractivity contribution in [3.05, 3.63) is 61.3 Å². The van der Waals surface area contributed by atoms with Crippen LogP contribution in [0.25, 0.3) is 0 Å². The molecule has 19 heavy (non-hydrogen) atoms. The Morgan fingerprint density at radius 1 is 1.11 bits per heavy atom. The van der Waals surface area contributed by atoms with E-state index < -0.39 is 10.7 Å². The van der Waals surface area contributed by atoms with Crippen LogP contribution in [-0.4, -0.2) is 4.92 Å². The molecule has 0 fully saturated rings. The molecule has 0 radical (unpaired) electrons. The van der Waals surface area contributed by atoms with Gasteiger partial charge in [-0.2, -0.15) is 0 Å². The fraction of sp³-hybridized carbons (Fsp3) is 0. The Balaban J connectivity index is 2.40. The Morgan fingerprint density at radius 2 is 1.84 bits per heavy atom. The molecule has 0 heterocycles. The lowest BCUT2D eigenvalue weighted by atomic mass is 10.3. The van der Waals surface area contributed by atoms with Gasteiger partial charge in [-0.3, -0.25) is 10.1 Å². The van der Waals surface area contributed by atoms with Crippen molar-refractivity contribution in [2.24, 2.45) is 0 Å². The first-order valence-corrected chi connectivity index (χ1v) is 6.62. The predicted octanol–water partition coefficient (Wildman–Crippen LogP) is 5.05. The van der Waals surface area contributed by atoms with Crippen LogP contribution < -0.4 is 4.74 Å². The highest BCUT2D eigenvalue weighted by Gasteiger charge is 2.16. The number of nitro benzene ring substituents is 1. The van der Waals surface area contributed by atoms with Crippen molar-refractivity contribution in [2.75, 3.05) is 0 Å². The summed E-state index contributed by atoms with van der Waals surface area (Å²) in [6.45, 7) is 0. The Morgan fingerprint density at radius 3 is 2.47 bits per heavy atom. The van der Waals surface area contributed by atoms with Gasteiger partial charge in [-0.05, 0) is 24.3 Å². The van der Waals surface area contributed by atoms with Crippen molar-refractivity contribution in [3.63, 3.8) is 0 Å². The Kier molecular flexibility index (Phi) is 4.16. The number of nitrogens with zero attached hydrogens (tertiary/aromatic N) is 1. The summed E-state index contributed by atoms with van der Waals surface area (Å²) in [5.74, 6) is -0.271. The standard InChI is InChI=1S/C12H6Br2FNO3/c13-7-1-2-12(11(5-7)16(17)18)19-10-4-8(14)3-9(15)6-10/h1-6H. The summed E-state index contributed by atoms with van der Waals surface area (Å²) >= 11 is 6.27. The first kappa shape index (κ1) is 14.0. The lowest BCUT2D eigenvalue weighted by Crippen LogP contribution is -1.94. The van der Waals surface area contributed by atoms with Gasteiger partial charge in [-0.1, -0.05) is 31.9 Å². The zero-order chi connectivity index (χ0) is 14.0. The topological polar surface area (TPSA) is 52.4 Å². The van der Waals surface area contributed by atoms with Gasteiger partial charge in [0.05, 0.1) is 4.92 Å². The fourth-order valence-electron chi connectivity index (χ4n) is 1.43. The maximum absolute atomic E-state index is 13.2. The van der Waals surface area contributed by atoms with Crippen molar-refractivity contribution in [3.8, 4) is 11.5 Å². The molecule has 0 aliphatic carbocycles. The number of benzene rings is 2. The summed E-state index contributed by atoms with van der Waals surface area (Å²) in [4.78, 5) is 10.4. The summed E-state index contributed by atoms with van der Waals surface area (Å²) in [5.41, 5.74) is -0.199. The highest BCUT2D eigenvalue weighted by Crippen LogP contribution is 2.34. The van der Waals surface area contributed by atoms with E-state index in [1.165, 1.54) is 24.3 Å². The Hall–Kier alpha value is -1.47. The highest BCUT2D eigenvalue weighted by atomic mass is 79.9. The van der Waals surface area contributed by atoms with E-state index in [2.05, 4.69) is 31.9 Å². The van der Waals surface area contributed by atoms with Gasteiger partial charge in [0.25, 0.3) is 0 Å². The van der Waals surface area contributed by atoms with Gasteiger partial charge in [0.2, 0.25) is 5.75 Å². The maximum atomic E-state index is 13.2. The molecule has 0 spiro atoms. The molecule has 0 aliphatic heterocycles. The van der Waals surface area contributed by atoms with Gasteiger partial charge in [-0.25, -0.2) is 4.39 Å². The van der Waals surface area contributed by atoms with Gasteiger partial charge in [0.1, 0.15) is 11.6 Å². The zero-order valence-corrected chi connectivity index (χ0v) is 12.4. The lowest BCUT2D eigenvalue weighted by molar-refractivity contribution is -0.385. The van der Waals surface area contributed by atoms with Crippen LogP contribution in [0.5, 0.6) is 11.5 Å². The minimum Gasteiger partial charge on any atom is -0.450 e. The second kappa shape index (κ2) is 5.66. The smallest absolute Gasteiger partial charge is 0.312 e. The summed E-state index contributed by atoms with van der Waals surface area (Å²) in [6.07, 6.45) is 0. The molecule has 2 aromatic rings. The molecular weight excluding hydrogens is 385 g/mol. The van der Waals surface area contributed by atoms with Crippen LogP contribution in [-0.2, 0) is 0 Å². The summed E-state index contributed by atoms with van der Waals surface area (Å²) in [5, 5.41) is 10.9. The van der Waals surface area contributed by atoms with Gasteiger partial charge in [0.15, 0.2) is 0 Å². The van der Waals surface area contributed by atoms with Crippen molar-refractivity contribution in [1.29, 1.82) is 0 Å². The molecule has 0 N–H and O–H groups in total. The SMILES string of the molecule is O=[N+]([O-])c1cc(Br)ccc1Oc1cc(F)cc(Br)c1. The molecule has 0 aromatic heterocycles. The monoisotopic (exact) mass is 389 g/mol. The summed E-state index contributed by atoms with van der Waals surface area (Å²) in [6, 6.07) is 8.32. The van der Waals surface area contributed by atoms with E-state index in [1.807, 2.05) is 0 Å². The first-order chi connectivity index (χ1) is 8.95.